The Kier molecular flexibility index (Phi) is 5.83. The highest BCUT2D eigenvalue weighted by atomic mass is 32.1. The number of hydrogen-bond donors (Lipinski definition) is 2. The first-order valence-corrected chi connectivity index (χ1v) is 7.60. The molecule has 0 aliphatic rings. The third kappa shape index (κ3) is 4.86. The van der Waals surface area contributed by atoms with Crippen molar-refractivity contribution < 1.29 is 9.90 Å². The number of likely N-dealkylation sites (N-methyl/N-ethyl adjacent to an activating group) is 1. The number of aliphatic carboxylic acids is 1. The Morgan fingerprint density at radius 3 is 2.74 bits per heavy atom. The van der Waals surface area contributed by atoms with Crippen molar-refractivity contribution in [2.24, 2.45) is 0 Å². The van der Waals surface area contributed by atoms with Crippen molar-refractivity contribution in [1.29, 1.82) is 0 Å². The van der Waals surface area contributed by atoms with Crippen LogP contribution in [-0.2, 0) is 4.79 Å². The molecular formula is C14H20N6O2S. The second-order valence-corrected chi connectivity index (χ2v) is 5.74. The molecule has 0 fully saturated rings. The summed E-state index contributed by atoms with van der Waals surface area (Å²) in [7, 11) is 3.97. The van der Waals surface area contributed by atoms with Crippen molar-refractivity contribution in [1.82, 2.24) is 25.1 Å². The van der Waals surface area contributed by atoms with E-state index in [9.17, 15) is 4.79 Å². The maximum Gasteiger partial charge on any atom is 0.305 e. The molecule has 124 valence electrons. The van der Waals surface area contributed by atoms with Crippen LogP contribution in [0.1, 0.15) is 6.42 Å². The molecule has 0 amide bonds. The molecule has 23 heavy (non-hydrogen) atoms. The normalized spacial score (nSPS) is 10.9. The second-order valence-electron chi connectivity index (χ2n) is 5.37. The van der Waals surface area contributed by atoms with Gasteiger partial charge in [-0.05, 0) is 44.5 Å². The first-order valence-electron chi connectivity index (χ1n) is 7.19. The lowest BCUT2D eigenvalue weighted by Crippen LogP contribution is -2.33. The number of carbonyl (C=O) groups is 1. The molecule has 2 aromatic rings. The fraction of sp³-hybridized carbons (Fsp3) is 0.429. The number of hydrogen-bond acceptors (Lipinski definition) is 6. The van der Waals surface area contributed by atoms with Crippen molar-refractivity contribution in [3.05, 3.63) is 29.0 Å². The molecule has 2 N–H and O–H groups in total. The zero-order valence-electron chi connectivity index (χ0n) is 13.1. The highest BCUT2D eigenvalue weighted by Gasteiger charge is 2.11. The summed E-state index contributed by atoms with van der Waals surface area (Å²) in [6.07, 6.45) is 0.0860. The Balaban J connectivity index is 2.24. The van der Waals surface area contributed by atoms with Crippen LogP contribution in [0.15, 0.2) is 24.3 Å². The highest BCUT2D eigenvalue weighted by molar-refractivity contribution is 7.71. The lowest BCUT2D eigenvalue weighted by Gasteiger charge is -2.26. The maximum atomic E-state index is 10.9. The van der Waals surface area contributed by atoms with Crippen LogP contribution in [0.2, 0.25) is 0 Å². The van der Waals surface area contributed by atoms with E-state index in [1.165, 1.54) is 0 Å². The Bertz CT molecular complexity index is 711. The summed E-state index contributed by atoms with van der Waals surface area (Å²) in [5.41, 5.74) is 1.74. The molecule has 1 aromatic carbocycles. The Labute approximate surface area is 139 Å². The van der Waals surface area contributed by atoms with Gasteiger partial charge in [-0.1, -0.05) is 16.4 Å². The minimum atomic E-state index is -0.809. The predicted octanol–water partition coefficient (Wildman–Crippen LogP) is 1.17. The van der Waals surface area contributed by atoms with E-state index in [2.05, 4.69) is 20.4 Å². The number of nitrogens with zero attached hydrogens (tertiary/aromatic N) is 5. The van der Waals surface area contributed by atoms with Gasteiger partial charge >= 0.3 is 5.97 Å². The van der Waals surface area contributed by atoms with Gasteiger partial charge in [0.15, 0.2) is 0 Å². The van der Waals surface area contributed by atoms with Gasteiger partial charge in [0.05, 0.1) is 12.1 Å². The van der Waals surface area contributed by atoms with Crippen LogP contribution < -0.4 is 4.90 Å². The minimum absolute atomic E-state index is 0.0860. The summed E-state index contributed by atoms with van der Waals surface area (Å²) in [6, 6.07) is 7.68. The van der Waals surface area contributed by atoms with E-state index in [4.69, 9.17) is 17.3 Å². The van der Waals surface area contributed by atoms with E-state index in [1.807, 2.05) is 43.3 Å². The van der Waals surface area contributed by atoms with Crippen LogP contribution in [0, 0.1) is 4.77 Å². The quantitative estimate of drug-likeness (QED) is 0.699. The second kappa shape index (κ2) is 7.84. The minimum Gasteiger partial charge on any atom is -0.481 e. The van der Waals surface area contributed by atoms with E-state index in [1.54, 1.807) is 4.68 Å². The summed E-state index contributed by atoms with van der Waals surface area (Å²) < 4.78 is 1.94. The maximum absolute atomic E-state index is 10.9. The molecule has 0 spiro atoms. The molecule has 1 aromatic heterocycles. The van der Waals surface area contributed by atoms with E-state index in [0.29, 0.717) is 11.3 Å². The van der Waals surface area contributed by atoms with Crippen molar-refractivity contribution >= 4 is 23.9 Å². The molecule has 0 aliphatic carbocycles. The first kappa shape index (κ1) is 17.1. The molecule has 2 rings (SSSR count). The van der Waals surface area contributed by atoms with E-state index < -0.39 is 5.97 Å². The van der Waals surface area contributed by atoms with Crippen molar-refractivity contribution in [2.45, 2.75) is 6.42 Å². The number of benzene rings is 1. The number of carboxylic acids is 1. The standard InChI is InChI=1S/C14H20N6O2S/c1-18(2)8-9-19(7-6-13(21)22)11-4-3-5-12(10-11)20-14(23)15-16-17-20/h3-5,10H,6-9H2,1-2H3,(H,21,22)(H,15,17,23). The monoisotopic (exact) mass is 336 g/mol. The van der Waals surface area contributed by atoms with Gasteiger partial charge in [0.2, 0.25) is 4.77 Å². The topological polar surface area (TPSA) is 90.3 Å². The summed E-state index contributed by atoms with van der Waals surface area (Å²) in [5, 5.41) is 19.1. The first-order chi connectivity index (χ1) is 11.0. The summed E-state index contributed by atoms with van der Waals surface area (Å²) in [4.78, 5) is 15.0. The lowest BCUT2D eigenvalue weighted by atomic mass is 10.2. The van der Waals surface area contributed by atoms with Crippen LogP contribution in [0.4, 0.5) is 5.69 Å². The molecule has 0 aliphatic heterocycles. The zero-order valence-corrected chi connectivity index (χ0v) is 14.0. The fourth-order valence-electron chi connectivity index (χ4n) is 2.12. The van der Waals surface area contributed by atoms with E-state index >= 15 is 0 Å². The molecule has 0 atom stereocenters. The molecular weight excluding hydrogens is 316 g/mol. The number of nitrogens with one attached hydrogen (secondary N) is 1. The summed E-state index contributed by atoms with van der Waals surface area (Å²) >= 11 is 5.11. The molecule has 0 saturated carbocycles. The van der Waals surface area contributed by atoms with Crippen molar-refractivity contribution in [2.75, 3.05) is 38.6 Å². The number of anilines is 1. The van der Waals surface area contributed by atoms with Crippen molar-refractivity contribution in [3.63, 3.8) is 0 Å². The lowest BCUT2D eigenvalue weighted by molar-refractivity contribution is -0.136. The Hall–Kier alpha value is -2.26. The third-order valence-electron chi connectivity index (χ3n) is 3.34. The van der Waals surface area contributed by atoms with Gasteiger partial charge in [-0.3, -0.25) is 4.79 Å². The van der Waals surface area contributed by atoms with Crippen LogP contribution in [0.5, 0.6) is 0 Å². The highest BCUT2D eigenvalue weighted by Crippen LogP contribution is 2.19. The van der Waals surface area contributed by atoms with Gasteiger partial charge in [-0.2, -0.15) is 5.21 Å². The molecule has 0 saturated heterocycles. The molecule has 0 radical (unpaired) electrons. The number of aromatic nitrogens is 4. The number of aromatic amines is 1. The van der Waals surface area contributed by atoms with Gasteiger partial charge < -0.3 is 14.9 Å². The fourth-order valence-corrected chi connectivity index (χ4v) is 2.30. The largest absolute Gasteiger partial charge is 0.481 e. The number of H-pyrrole nitrogens is 1. The number of rotatable bonds is 8. The van der Waals surface area contributed by atoms with Gasteiger partial charge in [0.25, 0.3) is 0 Å². The van der Waals surface area contributed by atoms with Gasteiger partial charge in [0.1, 0.15) is 0 Å². The molecule has 0 bridgehead atoms. The van der Waals surface area contributed by atoms with Crippen LogP contribution in [-0.4, -0.2) is 69.9 Å². The number of carboxylic acid groups (broad SMARTS) is 1. The Morgan fingerprint density at radius 2 is 2.13 bits per heavy atom. The van der Waals surface area contributed by atoms with Crippen LogP contribution >= 0.6 is 12.2 Å². The number of tetrazole rings is 1. The van der Waals surface area contributed by atoms with Crippen LogP contribution in [0.3, 0.4) is 0 Å². The third-order valence-corrected chi connectivity index (χ3v) is 3.60. The average Bonchev–Trinajstić information content (AvgIpc) is 2.93. The van der Waals surface area contributed by atoms with Gasteiger partial charge in [-0.15, -0.1) is 0 Å². The van der Waals surface area contributed by atoms with Crippen molar-refractivity contribution in [3.8, 4) is 5.69 Å². The summed E-state index contributed by atoms with van der Waals surface area (Å²) in [6.45, 7) is 2.00. The van der Waals surface area contributed by atoms with Gasteiger partial charge in [0, 0.05) is 25.3 Å². The molecule has 1 heterocycles. The smallest absolute Gasteiger partial charge is 0.305 e. The van der Waals surface area contributed by atoms with E-state index in [0.717, 1.165) is 24.5 Å². The van der Waals surface area contributed by atoms with Gasteiger partial charge in [-0.25, -0.2) is 4.68 Å². The van der Waals surface area contributed by atoms with Crippen LogP contribution in [0.25, 0.3) is 5.69 Å². The molecule has 9 heteroatoms. The predicted molar refractivity (Wildman–Crippen MR) is 89.6 cm³/mol. The Morgan fingerprint density at radius 1 is 1.35 bits per heavy atom. The molecule has 8 nitrogen and oxygen atoms in total. The molecule has 0 unspecified atom stereocenters. The van der Waals surface area contributed by atoms with E-state index in [-0.39, 0.29) is 6.42 Å². The SMILES string of the molecule is CN(C)CCN(CCC(=O)O)c1cccc(-n2[nH]nnc2=S)c1. The zero-order chi connectivity index (χ0) is 16.8. The average molecular weight is 336 g/mol. The summed E-state index contributed by atoms with van der Waals surface area (Å²) in [5.74, 6) is -0.809.